The summed E-state index contributed by atoms with van der Waals surface area (Å²) in [5.41, 5.74) is 0. The molecule has 1 N–H and O–H groups in total. The van der Waals surface area contributed by atoms with Crippen LogP contribution in [0.25, 0.3) is 0 Å². The fourth-order valence-electron chi connectivity index (χ4n) is 4.13. The van der Waals surface area contributed by atoms with Gasteiger partial charge in [-0.15, -0.1) is 0 Å². The largest absolute Gasteiger partial charge is 0.382 e. The second kappa shape index (κ2) is 12.6. The molecule has 2 aliphatic heterocycles. The molecule has 2 fully saturated rings. The molecular formula is C19H36O11. The van der Waals surface area contributed by atoms with E-state index in [-0.39, 0.29) is 13.2 Å². The van der Waals surface area contributed by atoms with Gasteiger partial charge in [-0.05, 0) is 0 Å². The number of aliphatic hydroxyl groups excluding tert-OH is 1. The molecule has 2 saturated heterocycles. The van der Waals surface area contributed by atoms with Crippen LogP contribution in [-0.2, 0) is 47.4 Å². The van der Waals surface area contributed by atoms with Gasteiger partial charge in [0.15, 0.2) is 12.6 Å². The van der Waals surface area contributed by atoms with E-state index in [2.05, 4.69) is 0 Å². The van der Waals surface area contributed by atoms with Crippen molar-refractivity contribution in [1.82, 2.24) is 0 Å². The lowest BCUT2D eigenvalue weighted by molar-refractivity contribution is -0.364. The van der Waals surface area contributed by atoms with Crippen LogP contribution in [0.2, 0.25) is 0 Å². The molecule has 11 heteroatoms. The van der Waals surface area contributed by atoms with E-state index in [1.54, 1.807) is 21.3 Å². The Kier molecular flexibility index (Phi) is 10.8. The third-order valence-corrected chi connectivity index (χ3v) is 5.51. The van der Waals surface area contributed by atoms with E-state index in [4.69, 9.17) is 47.4 Å². The normalized spacial score (nSPS) is 42.4. The smallest absolute Gasteiger partial charge is 0.187 e. The van der Waals surface area contributed by atoms with E-state index >= 15 is 0 Å². The van der Waals surface area contributed by atoms with Crippen molar-refractivity contribution in [2.45, 2.75) is 61.4 Å². The summed E-state index contributed by atoms with van der Waals surface area (Å²) in [5.74, 6) is 0. The fraction of sp³-hybridized carbons (Fsp3) is 1.00. The topological polar surface area (TPSA) is 113 Å². The molecule has 10 atom stereocenters. The Morgan fingerprint density at radius 1 is 0.567 bits per heavy atom. The predicted molar refractivity (Wildman–Crippen MR) is 102 cm³/mol. The maximum Gasteiger partial charge on any atom is 0.187 e. The molecule has 30 heavy (non-hydrogen) atoms. The van der Waals surface area contributed by atoms with Crippen LogP contribution in [0, 0.1) is 0 Å². The van der Waals surface area contributed by atoms with Gasteiger partial charge in [0.1, 0.15) is 48.8 Å². The van der Waals surface area contributed by atoms with Crippen molar-refractivity contribution >= 4 is 0 Å². The number of hydrogen-bond donors (Lipinski definition) is 1. The summed E-state index contributed by atoms with van der Waals surface area (Å²) in [6.07, 6.45) is -6.87. The van der Waals surface area contributed by atoms with Crippen LogP contribution in [0.3, 0.4) is 0 Å². The van der Waals surface area contributed by atoms with E-state index in [1.165, 1.54) is 28.4 Å². The molecule has 0 unspecified atom stereocenters. The second-order valence-electron chi connectivity index (χ2n) is 7.12. The number of methoxy groups -OCH3 is 7. The summed E-state index contributed by atoms with van der Waals surface area (Å²) in [4.78, 5) is 0. The zero-order valence-corrected chi connectivity index (χ0v) is 18.7. The molecule has 0 spiro atoms. The first-order valence-corrected chi connectivity index (χ1v) is 9.77. The number of hydrogen-bond acceptors (Lipinski definition) is 11. The third-order valence-electron chi connectivity index (χ3n) is 5.51. The zero-order valence-electron chi connectivity index (χ0n) is 18.7. The van der Waals surface area contributed by atoms with E-state index in [9.17, 15) is 5.11 Å². The quantitative estimate of drug-likeness (QED) is 0.435. The first-order chi connectivity index (χ1) is 14.5. The van der Waals surface area contributed by atoms with Gasteiger partial charge in [-0.1, -0.05) is 0 Å². The van der Waals surface area contributed by atoms with Gasteiger partial charge >= 0.3 is 0 Å². The Bertz CT molecular complexity index is 481. The van der Waals surface area contributed by atoms with Gasteiger partial charge in [0.2, 0.25) is 0 Å². The number of aliphatic hydroxyl groups is 1. The summed E-state index contributed by atoms with van der Waals surface area (Å²) in [5, 5.41) is 10.4. The second-order valence-corrected chi connectivity index (χ2v) is 7.12. The SMILES string of the molecule is COC[C@H]1O[C@@H](O)[C@H](OC)[C@@H](O[C@@H]2O[C@H](COC)[C@@H](OC)[C@H](OC)[C@H]2OC)[C@@H]1OC. The van der Waals surface area contributed by atoms with Crippen LogP contribution in [0.1, 0.15) is 0 Å². The highest BCUT2D eigenvalue weighted by Gasteiger charge is 2.53. The van der Waals surface area contributed by atoms with Gasteiger partial charge in [-0.3, -0.25) is 0 Å². The summed E-state index contributed by atoms with van der Waals surface area (Å²) in [7, 11) is 10.8. The van der Waals surface area contributed by atoms with Gasteiger partial charge < -0.3 is 52.5 Å². The summed E-state index contributed by atoms with van der Waals surface area (Å²) in [6, 6.07) is 0. The first-order valence-electron chi connectivity index (χ1n) is 9.77. The molecule has 0 amide bonds. The molecule has 0 aliphatic carbocycles. The minimum atomic E-state index is -1.24. The molecule has 11 nitrogen and oxygen atoms in total. The lowest BCUT2D eigenvalue weighted by atomic mass is 9.96. The molecule has 2 rings (SSSR count). The fourth-order valence-corrected chi connectivity index (χ4v) is 4.13. The average molecular weight is 440 g/mol. The molecule has 2 aliphatic rings. The van der Waals surface area contributed by atoms with Crippen LogP contribution >= 0.6 is 0 Å². The van der Waals surface area contributed by atoms with Crippen LogP contribution in [0.15, 0.2) is 0 Å². The Labute approximate surface area is 177 Å². The molecular weight excluding hydrogens is 404 g/mol. The van der Waals surface area contributed by atoms with Crippen LogP contribution < -0.4 is 0 Å². The van der Waals surface area contributed by atoms with Crippen LogP contribution in [0.5, 0.6) is 0 Å². The molecule has 0 saturated carbocycles. The molecule has 178 valence electrons. The minimum absolute atomic E-state index is 0.198. The van der Waals surface area contributed by atoms with Crippen LogP contribution in [-0.4, -0.2) is 130 Å². The third kappa shape index (κ3) is 5.48. The van der Waals surface area contributed by atoms with Crippen molar-refractivity contribution in [1.29, 1.82) is 0 Å². The van der Waals surface area contributed by atoms with Gasteiger partial charge in [0.25, 0.3) is 0 Å². The lowest BCUT2D eigenvalue weighted by Crippen LogP contribution is -2.66. The van der Waals surface area contributed by atoms with Gasteiger partial charge in [-0.2, -0.15) is 0 Å². The molecule has 0 aromatic rings. The molecule has 0 aromatic heterocycles. The van der Waals surface area contributed by atoms with Gasteiger partial charge in [0.05, 0.1) is 13.2 Å². The zero-order chi connectivity index (χ0) is 22.3. The lowest BCUT2D eigenvalue weighted by Gasteiger charge is -2.48. The van der Waals surface area contributed by atoms with Crippen molar-refractivity contribution in [3.63, 3.8) is 0 Å². The van der Waals surface area contributed by atoms with E-state index in [1.807, 2.05) is 0 Å². The maximum absolute atomic E-state index is 10.4. The molecule has 0 aromatic carbocycles. The maximum atomic E-state index is 10.4. The first kappa shape index (κ1) is 25.8. The predicted octanol–water partition coefficient (Wildman–Crippen LogP) is -0.818. The van der Waals surface area contributed by atoms with Crippen molar-refractivity contribution in [2.75, 3.05) is 63.0 Å². The summed E-state index contributed by atoms with van der Waals surface area (Å²) < 4.78 is 56.5. The van der Waals surface area contributed by atoms with Gasteiger partial charge in [0, 0.05) is 49.8 Å². The summed E-state index contributed by atoms with van der Waals surface area (Å²) >= 11 is 0. The Morgan fingerprint density at radius 2 is 1.03 bits per heavy atom. The van der Waals surface area contributed by atoms with Crippen molar-refractivity contribution in [3.05, 3.63) is 0 Å². The number of ether oxygens (including phenoxy) is 10. The number of rotatable bonds is 11. The molecule has 0 bridgehead atoms. The van der Waals surface area contributed by atoms with Crippen LogP contribution in [0.4, 0.5) is 0 Å². The molecule has 0 radical (unpaired) electrons. The Balaban J connectivity index is 2.31. The Hall–Kier alpha value is -0.440. The summed E-state index contributed by atoms with van der Waals surface area (Å²) in [6.45, 7) is 0.461. The van der Waals surface area contributed by atoms with E-state index in [0.717, 1.165) is 0 Å². The van der Waals surface area contributed by atoms with Crippen molar-refractivity contribution in [2.24, 2.45) is 0 Å². The van der Waals surface area contributed by atoms with E-state index in [0.29, 0.717) is 0 Å². The Morgan fingerprint density at radius 3 is 1.50 bits per heavy atom. The monoisotopic (exact) mass is 440 g/mol. The molecule has 2 heterocycles. The van der Waals surface area contributed by atoms with Gasteiger partial charge in [-0.25, -0.2) is 0 Å². The highest BCUT2D eigenvalue weighted by molar-refractivity contribution is 4.96. The van der Waals surface area contributed by atoms with Crippen molar-refractivity contribution in [3.8, 4) is 0 Å². The van der Waals surface area contributed by atoms with E-state index < -0.39 is 61.4 Å². The average Bonchev–Trinajstić information content (AvgIpc) is 2.74. The highest BCUT2D eigenvalue weighted by Crippen LogP contribution is 2.33. The highest BCUT2D eigenvalue weighted by atomic mass is 16.7. The van der Waals surface area contributed by atoms with Crippen molar-refractivity contribution < 1.29 is 52.5 Å². The standard InChI is InChI=1S/C19H36O11/c1-21-8-10-13(24-4)15(16(26-6)18(20)28-10)30-19-17(27-7)14(25-5)12(23-3)11(29-19)9-22-2/h10-20H,8-9H2,1-7H3/t10-,11-,12-,13-,14+,15+,16-,17-,18-,19+/m1/s1. The minimum Gasteiger partial charge on any atom is -0.382 e.